The maximum Gasteiger partial charge on any atom is 0.316 e. The molecule has 1 rings (SSSR count). The van der Waals surface area contributed by atoms with E-state index >= 15 is 0 Å². The number of hydrogen-bond donors (Lipinski definition) is 2. The molecule has 0 aliphatic rings. The molecule has 76 valence electrons. The van der Waals surface area contributed by atoms with E-state index in [2.05, 4.69) is 0 Å². The summed E-state index contributed by atoms with van der Waals surface area (Å²) < 4.78 is 10.5. The van der Waals surface area contributed by atoms with E-state index in [0.29, 0.717) is 5.56 Å². The van der Waals surface area contributed by atoms with E-state index in [-0.39, 0.29) is 10.6 Å². The van der Waals surface area contributed by atoms with Gasteiger partial charge in [-0.1, -0.05) is 12.1 Å². The molecule has 6 nitrogen and oxygen atoms in total. The standard InChI is InChI=1S/C7H8NO5P/c9-8(10)7-3-1-6(2-4-7)5-14(11,12)13/h1-4H,5H2,(H2-,9,10,11,12,13). The van der Waals surface area contributed by atoms with Crippen LogP contribution in [0.15, 0.2) is 24.3 Å². The molecular weight excluding hydrogens is 209 g/mol. The molecule has 0 aromatic heterocycles. The first-order valence-corrected chi connectivity index (χ1v) is 5.43. The van der Waals surface area contributed by atoms with Crippen LogP contribution in [0, 0.1) is 4.91 Å². The molecule has 1 aromatic rings. The van der Waals surface area contributed by atoms with Gasteiger partial charge in [0.15, 0.2) is 0 Å². The van der Waals surface area contributed by atoms with Crippen LogP contribution in [0.3, 0.4) is 0 Å². The van der Waals surface area contributed by atoms with Gasteiger partial charge in [0.2, 0.25) is 0 Å². The van der Waals surface area contributed by atoms with Crippen LogP contribution >= 0.6 is 7.60 Å². The van der Waals surface area contributed by atoms with Crippen LogP contribution in [0.1, 0.15) is 5.56 Å². The van der Waals surface area contributed by atoms with E-state index in [1.165, 1.54) is 24.3 Å². The first-order valence-electron chi connectivity index (χ1n) is 3.66. The van der Waals surface area contributed by atoms with Crippen molar-refractivity contribution in [3.63, 3.8) is 0 Å². The summed E-state index contributed by atoms with van der Waals surface area (Å²) in [5.74, 6) is 0. The van der Waals surface area contributed by atoms with Crippen molar-refractivity contribution in [2.45, 2.75) is 6.16 Å². The molecule has 1 unspecified atom stereocenters. The van der Waals surface area contributed by atoms with Gasteiger partial charge < -0.3 is 14.4 Å². The van der Waals surface area contributed by atoms with Gasteiger partial charge >= 0.3 is 5.69 Å². The highest BCUT2D eigenvalue weighted by atomic mass is 31.2. The average Bonchev–Trinajstić information content (AvgIpc) is 2.02. The lowest BCUT2D eigenvalue weighted by Gasteiger charge is -2.14. The molecule has 14 heavy (non-hydrogen) atoms. The van der Waals surface area contributed by atoms with Crippen molar-refractivity contribution >= 4 is 13.3 Å². The van der Waals surface area contributed by atoms with Crippen LogP contribution in [0.4, 0.5) is 5.69 Å². The van der Waals surface area contributed by atoms with Gasteiger partial charge in [0.25, 0.3) is 4.92 Å². The van der Waals surface area contributed by atoms with Gasteiger partial charge in [0, 0.05) is 18.3 Å². The Balaban J connectivity index is 2.84. The minimum Gasteiger partial charge on any atom is -0.778 e. The molecule has 0 bridgehead atoms. The van der Waals surface area contributed by atoms with Gasteiger partial charge in [-0.3, -0.25) is 0 Å². The van der Waals surface area contributed by atoms with Crippen molar-refractivity contribution in [2.24, 2.45) is 0 Å². The van der Waals surface area contributed by atoms with E-state index in [1.807, 2.05) is 0 Å². The summed E-state index contributed by atoms with van der Waals surface area (Å²) in [7, 11) is -4.33. The normalized spacial score (nSPS) is 14.7. The van der Waals surface area contributed by atoms with Crippen molar-refractivity contribution in [2.75, 3.05) is 0 Å². The number of hydrogen-bond acceptors (Lipinski definition) is 3. The number of benzene rings is 1. The smallest absolute Gasteiger partial charge is 0.316 e. The quantitative estimate of drug-likeness (QED) is 0.568. The van der Waals surface area contributed by atoms with E-state index in [0.717, 1.165) is 0 Å². The van der Waals surface area contributed by atoms with Gasteiger partial charge in [-0.2, -0.15) is 0 Å². The van der Waals surface area contributed by atoms with Crippen LogP contribution < -0.4 is 4.89 Å². The van der Waals surface area contributed by atoms with E-state index in [4.69, 9.17) is 10.1 Å². The highest BCUT2D eigenvalue weighted by Gasteiger charge is 2.11. The van der Waals surface area contributed by atoms with Crippen molar-refractivity contribution in [3.05, 3.63) is 34.7 Å². The molecule has 1 atom stereocenters. The molecule has 0 spiro atoms. The van der Waals surface area contributed by atoms with Crippen molar-refractivity contribution in [3.8, 4) is 0 Å². The molecule has 2 N–H and O–H groups in total. The molecule has 0 amide bonds. The molecule has 0 fully saturated rings. The SMILES string of the molecule is O=[N+](O)c1ccc(CP(=O)([O-])O)cc1. The third-order valence-electron chi connectivity index (χ3n) is 1.54. The monoisotopic (exact) mass is 217 g/mol. The van der Waals surface area contributed by atoms with Crippen LogP contribution in [0.2, 0.25) is 0 Å². The Morgan fingerprint density at radius 2 is 1.86 bits per heavy atom. The third kappa shape index (κ3) is 3.26. The van der Waals surface area contributed by atoms with Gasteiger partial charge in [-0.15, -0.1) is 0 Å². The van der Waals surface area contributed by atoms with Crippen LogP contribution in [-0.4, -0.2) is 15.0 Å². The first-order chi connectivity index (χ1) is 6.38. The maximum absolute atomic E-state index is 10.5. The van der Waals surface area contributed by atoms with Gasteiger partial charge in [-0.25, -0.2) is 5.21 Å². The molecule has 1 aromatic carbocycles. The predicted molar refractivity (Wildman–Crippen MR) is 45.0 cm³/mol. The molecule has 0 aliphatic heterocycles. The Hall–Kier alpha value is -1.23. The Morgan fingerprint density at radius 3 is 2.21 bits per heavy atom. The molecule has 0 heterocycles. The topological polar surface area (TPSA) is 101 Å². The van der Waals surface area contributed by atoms with Gasteiger partial charge in [-0.05, 0) is 5.56 Å². The highest BCUT2D eigenvalue weighted by Crippen LogP contribution is 2.34. The zero-order valence-electron chi connectivity index (χ0n) is 7.03. The molecule has 7 heteroatoms. The summed E-state index contributed by atoms with van der Waals surface area (Å²) in [4.78, 5) is 29.0. The van der Waals surface area contributed by atoms with E-state index in [1.54, 1.807) is 0 Å². The predicted octanol–water partition coefficient (Wildman–Crippen LogP) is 0.532. The first kappa shape index (κ1) is 10.8. The highest BCUT2D eigenvalue weighted by molar-refractivity contribution is 7.49. The summed E-state index contributed by atoms with van der Waals surface area (Å²) in [6, 6.07) is 5.16. The fourth-order valence-electron chi connectivity index (χ4n) is 0.960. The lowest BCUT2D eigenvalue weighted by atomic mass is 10.2. The van der Waals surface area contributed by atoms with Crippen molar-refractivity contribution in [1.29, 1.82) is 0 Å². The van der Waals surface area contributed by atoms with Crippen molar-refractivity contribution < 1.29 is 24.5 Å². The zero-order chi connectivity index (χ0) is 10.8. The third-order valence-corrected chi connectivity index (χ3v) is 2.30. The van der Waals surface area contributed by atoms with Gasteiger partial charge in [0.05, 0.1) is 4.91 Å². The van der Waals surface area contributed by atoms with Crippen molar-refractivity contribution in [1.82, 2.24) is 0 Å². The molecular formula is C7H8NO5P. The Morgan fingerprint density at radius 1 is 1.36 bits per heavy atom. The minimum absolute atomic E-state index is 0.00702. The Kier molecular flexibility index (Phi) is 3.00. The Labute approximate surface area is 79.5 Å². The number of rotatable bonds is 3. The fraction of sp³-hybridized carbons (Fsp3) is 0.143. The van der Waals surface area contributed by atoms with Crippen LogP contribution in [0.5, 0.6) is 0 Å². The zero-order valence-corrected chi connectivity index (χ0v) is 7.92. The van der Waals surface area contributed by atoms with E-state index < -0.39 is 13.8 Å². The molecule has 0 saturated carbocycles. The summed E-state index contributed by atoms with van der Waals surface area (Å²) >= 11 is 0. The van der Waals surface area contributed by atoms with E-state index in [9.17, 15) is 14.4 Å². The lowest BCUT2D eigenvalue weighted by Crippen LogP contribution is -2.02. The second-order valence-corrected chi connectivity index (χ2v) is 4.33. The maximum atomic E-state index is 10.5. The van der Waals surface area contributed by atoms with Crippen LogP contribution in [-0.2, 0) is 10.7 Å². The summed E-state index contributed by atoms with van der Waals surface area (Å²) in [5.41, 5.74) is 0.337. The Bertz CT molecular complexity index is 382. The summed E-state index contributed by atoms with van der Waals surface area (Å²) in [5, 5.41) is 8.46. The second-order valence-electron chi connectivity index (χ2n) is 2.73. The minimum atomic E-state index is -4.33. The largest absolute Gasteiger partial charge is 0.778 e. The summed E-state index contributed by atoms with van der Waals surface area (Å²) in [6.45, 7) is 0. The molecule has 0 saturated heterocycles. The lowest BCUT2D eigenvalue weighted by molar-refractivity contribution is -0.729. The van der Waals surface area contributed by atoms with Crippen LogP contribution in [0.25, 0.3) is 0 Å². The van der Waals surface area contributed by atoms with Gasteiger partial charge in [0.1, 0.15) is 7.60 Å². The average molecular weight is 217 g/mol. The number of nitrogens with zero attached hydrogens (tertiary/aromatic N) is 1. The second kappa shape index (κ2) is 3.88. The fourth-order valence-corrected chi connectivity index (χ4v) is 1.63. The molecule has 0 aliphatic carbocycles. The molecule has 0 radical (unpaired) electrons. The summed E-state index contributed by atoms with van der Waals surface area (Å²) in [6.07, 6.45) is -0.489.